The fourth-order valence-corrected chi connectivity index (χ4v) is 4.60. The molecule has 0 aromatic carbocycles. The Kier molecular flexibility index (Phi) is 3.64. The van der Waals surface area contributed by atoms with Crippen LogP contribution in [0.1, 0.15) is 27.7 Å². The van der Waals surface area contributed by atoms with Gasteiger partial charge in [0.2, 0.25) is 0 Å². The van der Waals surface area contributed by atoms with E-state index in [2.05, 4.69) is 25.1 Å². The fourth-order valence-electron chi connectivity index (χ4n) is 1.39. The Balaban J connectivity index is 2.71. The van der Waals surface area contributed by atoms with Gasteiger partial charge in [0.25, 0.3) is 0 Å². The van der Waals surface area contributed by atoms with Gasteiger partial charge in [-0.15, -0.1) is 0 Å². The Hall–Kier alpha value is 0.460. The quantitative estimate of drug-likeness (QED) is 0.437. The summed E-state index contributed by atoms with van der Waals surface area (Å²) in [4.78, 5) is 0. The van der Waals surface area contributed by atoms with Crippen LogP contribution in [0.3, 0.4) is 0 Å². The van der Waals surface area contributed by atoms with Crippen LogP contribution in [0.5, 0.6) is 0 Å². The minimum absolute atomic E-state index is 0.115. The molecule has 1 rings (SSSR count). The predicted octanol–water partition coefficient (Wildman–Crippen LogP) is 2.95. The highest BCUT2D eigenvalue weighted by Gasteiger charge is 2.64. The average molecular weight is 253 g/mol. The largest absolute Gasteiger partial charge is 0.352 e. The van der Waals surface area contributed by atoms with Crippen LogP contribution in [0.4, 0.5) is 0 Å². The summed E-state index contributed by atoms with van der Waals surface area (Å²) >= 11 is 1.69. The van der Waals surface area contributed by atoms with Crippen LogP contribution < -0.4 is 0 Å². The van der Waals surface area contributed by atoms with E-state index in [0.717, 1.165) is 6.54 Å². The summed E-state index contributed by atoms with van der Waals surface area (Å²) in [6.07, 6.45) is 0. The first-order valence-corrected chi connectivity index (χ1v) is 7.18. The van der Waals surface area contributed by atoms with E-state index < -0.39 is 12.9 Å². The zero-order valence-corrected chi connectivity index (χ0v) is 11.9. The van der Waals surface area contributed by atoms with Crippen LogP contribution in [0.2, 0.25) is 0 Å². The Labute approximate surface area is 96.4 Å². The second-order valence-corrected chi connectivity index (χ2v) is 9.36. The zero-order chi connectivity index (χ0) is 11.9. The smallest absolute Gasteiger partial charge is 0.311 e. The summed E-state index contributed by atoms with van der Waals surface area (Å²) in [5.74, 6) is 0. The Bertz CT molecular complexity index is 284. The van der Waals surface area contributed by atoms with Gasteiger partial charge in [0.15, 0.2) is 0 Å². The van der Waals surface area contributed by atoms with Crippen molar-refractivity contribution in [3.05, 3.63) is 0 Å². The molecule has 0 aromatic rings. The normalized spacial score (nSPS) is 31.7. The molecule has 0 spiro atoms. The third-order valence-electron chi connectivity index (χ3n) is 2.33. The monoisotopic (exact) mass is 253 g/mol. The van der Waals surface area contributed by atoms with Gasteiger partial charge in [0.05, 0.1) is 0 Å². The topological polar surface area (TPSA) is 38.5 Å². The molecule has 4 nitrogen and oxygen atoms in total. The highest BCUT2D eigenvalue weighted by molar-refractivity contribution is 7.98. The van der Waals surface area contributed by atoms with E-state index in [1.165, 1.54) is 14.2 Å². The van der Waals surface area contributed by atoms with Crippen LogP contribution in [-0.4, -0.2) is 35.1 Å². The summed E-state index contributed by atoms with van der Waals surface area (Å²) in [6, 6.07) is 0. The zero-order valence-electron chi connectivity index (χ0n) is 10.2. The van der Waals surface area contributed by atoms with Crippen LogP contribution in [0.25, 0.3) is 0 Å². The molecule has 0 N–H and O–H groups in total. The lowest BCUT2D eigenvalue weighted by Crippen LogP contribution is -2.18. The number of hydrogen-bond donors (Lipinski definition) is 0. The summed E-state index contributed by atoms with van der Waals surface area (Å²) in [5.41, 5.74) is 0. The molecule has 0 amide bonds. The number of hydrogen-bond acceptors (Lipinski definition) is 5. The molecule has 90 valence electrons. The maximum atomic E-state index is 12.2. The Morgan fingerprint density at radius 3 is 2.13 bits per heavy atom. The van der Waals surface area contributed by atoms with Crippen molar-refractivity contribution in [1.82, 2.24) is 4.31 Å². The first-order chi connectivity index (χ1) is 6.68. The third-order valence-corrected chi connectivity index (χ3v) is 6.29. The molecule has 6 heteroatoms. The van der Waals surface area contributed by atoms with Crippen molar-refractivity contribution in [2.75, 3.05) is 20.8 Å². The van der Waals surface area contributed by atoms with Gasteiger partial charge in [0.1, 0.15) is 5.28 Å². The summed E-state index contributed by atoms with van der Waals surface area (Å²) in [5, 5.41) is -0.464. The lowest BCUT2D eigenvalue weighted by atomic mass is 10.3. The van der Waals surface area contributed by atoms with Gasteiger partial charge >= 0.3 is 7.60 Å². The molecular formula is C9H20NO3PS. The molecule has 2 atom stereocenters. The lowest BCUT2D eigenvalue weighted by molar-refractivity contribution is 0.260. The van der Waals surface area contributed by atoms with Crippen LogP contribution in [0, 0.1) is 0 Å². The van der Waals surface area contributed by atoms with Gasteiger partial charge in [-0.1, -0.05) is 11.9 Å². The molecule has 0 bridgehead atoms. The highest BCUT2D eigenvalue weighted by Crippen LogP contribution is 2.69. The van der Waals surface area contributed by atoms with Gasteiger partial charge in [-0.25, -0.2) is 4.31 Å². The molecule has 1 heterocycles. The molecule has 15 heavy (non-hydrogen) atoms. The second kappa shape index (κ2) is 4.04. The number of nitrogens with zero attached hydrogens (tertiary/aromatic N) is 1. The molecule has 1 unspecified atom stereocenters. The van der Waals surface area contributed by atoms with Crippen molar-refractivity contribution >= 4 is 19.5 Å². The van der Waals surface area contributed by atoms with Crippen molar-refractivity contribution in [2.24, 2.45) is 0 Å². The van der Waals surface area contributed by atoms with Crippen LogP contribution in [-0.2, 0) is 13.6 Å². The van der Waals surface area contributed by atoms with E-state index >= 15 is 0 Å². The van der Waals surface area contributed by atoms with Crippen molar-refractivity contribution in [3.8, 4) is 0 Å². The van der Waals surface area contributed by atoms with E-state index in [-0.39, 0.29) is 4.75 Å². The van der Waals surface area contributed by atoms with Crippen molar-refractivity contribution in [3.63, 3.8) is 0 Å². The van der Waals surface area contributed by atoms with Gasteiger partial charge in [-0.05, 0) is 27.7 Å². The maximum Gasteiger partial charge on any atom is 0.352 e. The Morgan fingerprint density at radius 2 is 1.80 bits per heavy atom. The van der Waals surface area contributed by atoms with E-state index in [1.807, 2.05) is 6.92 Å². The summed E-state index contributed by atoms with van der Waals surface area (Å²) < 4.78 is 24.5. The van der Waals surface area contributed by atoms with Gasteiger partial charge in [0, 0.05) is 25.5 Å². The lowest BCUT2D eigenvalue weighted by Gasteiger charge is -2.24. The first kappa shape index (κ1) is 13.5. The van der Waals surface area contributed by atoms with Crippen LogP contribution in [0.15, 0.2) is 0 Å². The molecule has 1 fully saturated rings. The molecule has 0 aliphatic carbocycles. The van der Waals surface area contributed by atoms with E-state index in [4.69, 9.17) is 9.05 Å². The predicted molar refractivity (Wildman–Crippen MR) is 64.1 cm³/mol. The fraction of sp³-hybridized carbons (Fsp3) is 1.00. The Morgan fingerprint density at radius 1 is 1.33 bits per heavy atom. The average Bonchev–Trinajstić information content (AvgIpc) is 2.74. The maximum absolute atomic E-state index is 12.2. The van der Waals surface area contributed by atoms with Crippen LogP contribution >= 0.6 is 19.5 Å². The van der Waals surface area contributed by atoms with E-state index in [1.54, 1.807) is 11.9 Å². The highest BCUT2D eigenvalue weighted by atomic mass is 32.2. The van der Waals surface area contributed by atoms with Crippen molar-refractivity contribution < 1.29 is 13.6 Å². The van der Waals surface area contributed by atoms with Gasteiger partial charge < -0.3 is 9.05 Å². The summed E-state index contributed by atoms with van der Waals surface area (Å²) in [7, 11) is -0.114. The SMILES string of the molecule is COP(=O)(OC)[C@]1(C)CN1SC(C)(C)C. The molecule has 1 aliphatic rings. The second-order valence-electron chi connectivity index (χ2n) is 4.82. The van der Waals surface area contributed by atoms with Crippen molar-refractivity contribution in [1.29, 1.82) is 0 Å². The molecule has 0 radical (unpaired) electrons. The first-order valence-electron chi connectivity index (χ1n) is 4.87. The summed E-state index contributed by atoms with van der Waals surface area (Å²) in [6.45, 7) is 9.04. The third kappa shape index (κ3) is 2.59. The standard InChI is InChI=1S/C9H20NO3PS/c1-8(2,3)15-10-7-9(10,4)14(11,12-5)13-6/h7H2,1-6H3/t9-,10?/m1/s1. The number of rotatable bonds is 4. The van der Waals surface area contributed by atoms with E-state index in [9.17, 15) is 4.57 Å². The minimum atomic E-state index is -2.99. The molecular weight excluding hydrogens is 233 g/mol. The molecule has 1 aliphatic heterocycles. The molecule has 0 aromatic heterocycles. The minimum Gasteiger partial charge on any atom is -0.311 e. The molecule has 1 saturated heterocycles. The van der Waals surface area contributed by atoms with Crippen molar-refractivity contribution in [2.45, 2.75) is 37.7 Å². The van der Waals surface area contributed by atoms with E-state index in [0.29, 0.717) is 0 Å². The van der Waals surface area contributed by atoms with Gasteiger partial charge in [-0.3, -0.25) is 4.57 Å². The van der Waals surface area contributed by atoms with Gasteiger partial charge in [-0.2, -0.15) is 0 Å². The molecule has 0 saturated carbocycles.